The van der Waals surface area contributed by atoms with Crippen molar-refractivity contribution in [2.45, 2.75) is 295 Å². The summed E-state index contributed by atoms with van der Waals surface area (Å²) >= 11 is 0. The fraction of sp³-hybridized carbons (Fsp3) is 0.789. The van der Waals surface area contributed by atoms with Crippen molar-refractivity contribution in [3.05, 3.63) is 73.7 Å². The van der Waals surface area contributed by atoms with E-state index < -0.39 is 179 Å². The fourth-order valence-corrected chi connectivity index (χ4v) is 86.2. The van der Waals surface area contributed by atoms with E-state index in [-0.39, 0.29) is 0 Å². The molecule has 0 amide bonds. The van der Waals surface area contributed by atoms with Gasteiger partial charge in [-0.1, -0.05) is 34.2 Å². The molecule has 36 heteroatoms. The zero-order valence-corrected chi connectivity index (χ0v) is 91.0. The van der Waals surface area contributed by atoms with Crippen LogP contribution >= 0.6 is 0 Å². The summed E-state index contributed by atoms with van der Waals surface area (Å²) in [5.74, 6) is 0. The van der Waals surface area contributed by atoms with Gasteiger partial charge in [-0.2, -0.15) is 0 Å². The van der Waals surface area contributed by atoms with Crippen LogP contribution in [0, 0.1) is 0 Å². The van der Waals surface area contributed by atoms with Crippen LogP contribution in [-0.2, 0) is 61.7 Å². The van der Waals surface area contributed by atoms with Crippen LogP contribution in [0.1, 0.15) is 0 Å². The highest BCUT2D eigenvalue weighted by atomic mass is 28.5. The molecular formula is C57H156O15Si21. The molecule has 0 saturated heterocycles. The summed E-state index contributed by atoms with van der Waals surface area (Å²) in [6, 6.07) is 0. The first-order valence-corrected chi connectivity index (χ1v) is 94.8. The van der Waals surface area contributed by atoms with Gasteiger partial charge in [0.25, 0.3) is 27.9 Å². The van der Waals surface area contributed by atoms with Gasteiger partial charge >= 0.3 is 51.4 Å². The molecule has 0 radical (unpaired) electrons. The topological polar surface area (TPSA) is 138 Å². The van der Waals surface area contributed by atoms with E-state index in [1.807, 2.05) is 34.2 Å². The summed E-state index contributed by atoms with van der Waals surface area (Å²) in [6.45, 7) is 120. The minimum absolute atomic E-state index is 1.46. The van der Waals surface area contributed by atoms with E-state index >= 15 is 0 Å². The Labute approximate surface area is 603 Å². The lowest BCUT2D eigenvalue weighted by atomic mass is 11.3. The lowest BCUT2D eigenvalue weighted by molar-refractivity contribution is 0.350. The van der Waals surface area contributed by atoms with Crippen molar-refractivity contribution in [2.24, 2.45) is 0 Å². The van der Waals surface area contributed by atoms with E-state index in [0.29, 0.717) is 0 Å². The average molecular weight is 1670 g/mol. The third-order valence-electron chi connectivity index (χ3n) is 10.6. The predicted molar refractivity (Wildman–Crippen MR) is 466 cm³/mol. The van der Waals surface area contributed by atoms with Gasteiger partial charge in [-0.3, -0.25) is 0 Å². The summed E-state index contributed by atoms with van der Waals surface area (Å²) < 4.78 is 91.5. The molecule has 0 N–H and O–H groups in total. The summed E-state index contributed by atoms with van der Waals surface area (Å²) in [4.78, 5) is 0. The van der Waals surface area contributed by atoms with Crippen molar-refractivity contribution in [3.63, 3.8) is 0 Å². The maximum absolute atomic E-state index is 6.14. The smallest absolute Gasteiger partial charge is 0.312 e. The van der Waals surface area contributed by atoms with Crippen molar-refractivity contribution in [1.29, 1.82) is 0 Å². The monoisotopic (exact) mass is 1670 g/mol. The molecule has 558 valence electrons. The molecule has 0 bridgehead atoms. The fourth-order valence-electron chi connectivity index (χ4n) is 9.16. The van der Waals surface area contributed by atoms with Crippen LogP contribution in [-0.4, -0.2) is 179 Å². The van der Waals surface area contributed by atoms with Crippen molar-refractivity contribution < 1.29 is 61.7 Å². The average Bonchev–Trinajstić information content (AvgIpc) is 0.979. The van der Waals surface area contributed by atoms with Gasteiger partial charge in [-0.25, -0.2) is 0 Å². The SMILES string of the molecule is C=C[Si](C)(C)O[Si](C)(C)O[Si](C)(C)C=C.C=C[Si](C)(C)O[Si](C)(C)O[Si](C)(C)C=C.C=C[Si](C)(C)O[Si](C)(C)O[Si](C)(C)C=C.C[SiH](O[Si](C)(C)C)O[Si](C)(C)O[Si](C)(C)C.C[SiH](O[Si](C)(C)C)O[Si](C)(C)O[Si](C)(C)C.C[SiH](O[Si](C)(C)C)O[Si](C)(C)O[Si](C)(C)C. The molecule has 0 aliphatic carbocycles. The minimum Gasteiger partial charge on any atom is -0.439 e. The Hall–Kier alpha value is 2.39. The maximum Gasteiger partial charge on any atom is 0.312 e. The lowest BCUT2D eigenvalue weighted by Crippen LogP contribution is -2.51. The Morgan fingerprint density at radius 3 is 0.376 bits per heavy atom. The summed E-state index contributed by atoms with van der Waals surface area (Å²) in [5, 5.41) is 0. The molecule has 0 spiro atoms. The molecule has 0 aromatic carbocycles. The van der Waals surface area contributed by atoms with Crippen LogP contribution in [0.15, 0.2) is 73.7 Å². The minimum atomic E-state index is -2.04. The second-order valence-corrected chi connectivity index (χ2v) is 115. The van der Waals surface area contributed by atoms with Gasteiger partial charge in [0.1, 0.15) is 0 Å². The van der Waals surface area contributed by atoms with Gasteiger partial charge in [-0.15, -0.1) is 39.5 Å². The number of hydrogen-bond donors (Lipinski definition) is 0. The summed E-state index contributed by atoms with van der Waals surface area (Å²) in [5.41, 5.74) is 11.7. The highest BCUT2D eigenvalue weighted by molar-refractivity contribution is 6.93. The first-order chi connectivity index (χ1) is 40.0. The van der Waals surface area contributed by atoms with Crippen molar-refractivity contribution in [1.82, 2.24) is 0 Å². The highest BCUT2D eigenvalue weighted by Gasteiger charge is 2.42. The van der Waals surface area contributed by atoms with Gasteiger partial charge in [-0.05, 0) is 295 Å². The third kappa shape index (κ3) is 73.9. The molecule has 0 aliphatic heterocycles. The molecule has 0 saturated carbocycles. The maximum atomic E-state index is 6.14. The van der Waals surface area contributed by atoms with Crippen molar-refractivity contribution >= 4 is 179 Å². The van der Waals surface area contributed by atoms with E-state index in [1.54, 1.807) is 0 Å². The molecule has 0 fully saturated rings. The largest absolute Gasteiger partial charge is 0.439 e. The molecule has 15 nitrogen and oxygen atoms in total. The first-order valence-electron chi connectivity index (χ1n) is 33.2. The highest BCUT2D eigenvalue weighted by Crippen LogP contribution is 2.26. The molecule has 0 aliphatic rings. The number of rotatable bonds is 36. The molecular weight excluding hydrogens is 1510 g/mol. The Morgan fingerprint density at radius 2 is 0.290 bits per heavy atom. The molecule has 3 atom stereocenters. The van der Waals surface area contributed by atoms with Gasteiger partial charge in [0.2, 0.25) is 0 Å². The second-order valence-electron chi connectivity index (χ2n) is 35.2. The molecule has 0 rings (SSSR count). The van der Waals surface area contributed by atoms with Crippen molar-refractivity contribution in [2.75, 3.05) is 0 Å². The van der Waals surface area contributed by atoms with E-state index in [0.717, 1.165) is 0 Å². The standard InChI is InChI=1S/3C10H24O2Si3.3C9H28O3Si4/c3*1-9-13(3,4)11-15(7,8)12-14(5,6)10-2;3*1-13(10-14(2,3)4)11-16(8,9)12-15(5,6)7/h3*9-10H,1-2H2,3-8H3;3*13H,1-9H3. The Bertz CT molecular complexity index is 1870. The Balaban J connectivity index is -0.000000244. The van der Waals surface area contributed by atoms with E-state index in [2.05, 4.69) is 334 Å². The quantitative estimate of drug-likeness (QED) is 0.0550. The van der Waals surface area contributed by atoms with Crippen LogP contribution in [0.5, 0.6) is 0 Å². The molecule has 3 unspecified atom stereocenters. The predicted octanol–water partition coefficient (Wildman–Crippen LogP) is 20.5. The van der Waals surface area contributed by atoms with E-state index in [1.165, 1.54) is 0 Å². The van der Waals surface area contributed by atoms with Gasteiger partial charge < -0.3 is 61.7 Å². The Morgan fingerprint density at radius 1 is 0.172 bits per heavy atom. The molecule has 93 heavy (non-hydrogen) atoms. The third-order valence-corrected chi connectivity index (χ3v) is 77.4. The van der Waals surface area contributed by atoms with Gasteiger partial charge in [0.15, 0.2) is 99.8 Å². The van der Waals surface area contributed by atoms with Crippen LogP contribution in [0.4, 0.5) is 0 Å². The molecule has 0 aromatic rings. The van der Waals surface area contributed by atoms with E-state index in [9.17, 15) is 0 Å². The van der Waals surface area contributed by atoms with Gasteiger partial charge in [0.05, 0.1) is 0 Å². The van der Waals surface area contributed by atoms with Crippen molar-refractivity contribution in [3.8, 4) is 0 Å². The van der Waals surface area contributed by atoms with Crippen LogP contribution in [0.3, 0.4) is 0 Å². The van der Waals surface area contributed by atoms with Crippen LogP contribution in [0.2, 0.25) is 295 Å². The molecule has 0 aromatic heterocycles. The zero-order valence-electron chi connectivity index (χ0n) is 69.6. The first kappa shape index (κ1) is 106. The normalized spacial score (nSPS) is 15.1. The Kier molecular flexibility index (Phi) is 47.8. The summed E-state index contributed by atoms with van der Waals surface area (Å²) in [6.07, 6.45) is 0. The lowest BCUT2D eigenvalue weighted by Gasteiger charge is -2.36. The number of hydrogen-bond acceptors (Lipinski definition) is 15. The molecule has 0 heterocycles. The second kappa shape index (κ2) is 41.8. The van der Waals surface area contributed by atoms with Gasteiger partial charge in [0, 0.05) is 0 Å². The van der Waals surface area contributed by atoms with Crippen LogP contribution < -0.4 is 0 Å². The zero-order chi connectivity index (χ0) is 76.6. The summed E-state index contributed by atoms with van der Waals surface area (Å²) in [7, 11) is -35.9. The van der Waals surface area contributed by atoms with Crippen LogP contribution in [0.25, 0.3) is 0 Å². The van der Waals surface area contributed by atoms with E-state index in [4.69, 9.17) is 61.7 Å².